The van der Waals surface area contributed by atoms with E-state index in [2.05, 4.69) is 15.1 Å². The second kappa shape index (κ2) is 12.8. The molecule has 0 aliphatic carbocycles. The Bertz CT molecular complexity index is 2300. The number of nitriles is 2. The molecule has 16 heteroatoms. The molecule has 4 aromatic rings. The summed E-state index contributed by atoms with van der Waals surface area (Å²) in [6.07, 6.45) is 1.16. The lowest BCUT2D eigenvalue weighted by atomic mass is 10.0. The van der Waals surface area contributed by atoms with Crippen LogP contribution in [0.3, 0.4) is 0 Å². The van der Waals surface area contributed by atoms with Crippen LogP contribution in [0.2, 0.25) is 0 Å². The summed E-state index contributed by atoms with van der Waals surface area (Å²) >= 11 is 0. The summed E-state index contributed by atoms with van der Waals surface area (Å²) in [6, 6.07) is 14.2. The molecule has 0 atom stereocenters. The van der Waals surface area contributed by atoms with Gasteiger partial charge < -0.3 is 19.1 Å². The number of aromatic nitrogens is 1. The number of hydrogen-bond acceptors (Lipinski definition) is 11. The fourth-order valence-corrected chi connectivity index (χ4v) is 6.17. The average molecular weight is 672 g/mol. The van der Waals surface area contributed by atoms with Gasteiger partial charge in [0.15, 0.2) is 5.57 Å². The van der Waals surface area contributed by atoms with Crippen molar-refractivity contribution >= 4 is 55.5 Å². The van der Waals surface area contributed by atoms with Crippen LogP contribution in [0.25, 0.3) is 16.6 Å². The highest BCUT2D eigenvalue weighted by Gasteiger charge is 2.30. The van der Waals surface area contributed by atoms with E-state index in [9.17, 15) is 33.6 Å². The Morgan fingerprint density at radius 2 is 1.73 bits per heavy atom. The molecule has 2 heterocycles. The Hall–Kier alpha value is -6.39. The van der Waals surface area contributed by atoms with Gasteiger partial charge in [-0.3, -0.25) is 14.9 Å². The normalized spacial score (nSPS) is 12.4. The smallest absolute Gasteiger partial charge is 0.341 e. The fourth-order valence-electron chi connectivity index (χ4n) is 5.10. The summed E-state index contributed by atoms with van der Waals surface area (Å²) in [4.78, 5) is 28.7. The van der Waals surface area contributed by atoms with Gasteiger partial charge >= 0.3 is 5.97 Å². The van der Waals surface area contributed by atoms with Crippen molar-refractivity contribution < 1.29 is 32.2 Å². The molecule has 0 radical (unpaired) electrons. The number of ether oxygens (including phenoxy) is 2. The van der Waals surface area contributed by atoms with Crippen molar-refractivity contribution in [3.8, 4) is 23.6 Å². The number of nitrogens with zero attached hydrogens (tertiary/aromatic N) is 5. The lowest BCUT2D eigenvalue weighted by molar-refractivity contribution is 0.0694. The zero-order chi connectivity index (χ0) is 34.9. The van der Waals surface area contributed by atoms with Crippen LogP contribution in [-0.4, -0.2) is 49.1 Å². The van der Waals surface area contributed by atoms with Crippen LogP contribution >= 0.6 is 0 Å². The van der Waals surface area contributed by atoms with Gasteiger partial charge in [0.25, 0.3) is 10.0 Å². The summed E-state index contributed by atoms with van der Waals surface area (Å²) in [5.74, 6) is -1.58. The molecule has 1 aliphatic rings. The van der Waals surface area contributed by atoms with Crippen LogP contribution in [0.4, 0.5) is 21.5 Å². The lowest BCUT2D eigenvalue weighted by Gasteiger charge is -2.32. The number of benzene rings is 3. The molecule has 1 aromatic heterocycles. The maximum Gasteiger partial charge on any atom is 0.341 e. The zero-order valence-electron chi connectivity index (χ0n) is 25.8. The number of aliphatic imine (C=N–C) groups is 1. The molecule has 0 saturated carbocycles. The van der Waals surface area contributed by atoms with Crippen LogP contribution in [0, 0.1) is 28.5 Å². The molecule has 0 amide bonds. The number of aromatic carboxylic acids is 1. The predicted molar refractivity (Wildman–Crippen MR) is 174 cm³/mol. The standard InChI is InChI=1S/C32H26FN7O7S/c1-5-39-16-25(32(42)43)31(41)24-12-26(33)28(13-29(24)39)37-40-17(2)36-27-7-6-22(11-23(27)30(40)18(14-34)15-35)48(44,45)38-19-8-20(46-3)10-21(9-19)47-4/h6-13,16,37-38H,5H2,1-4H3,(H,42,43). The number of halogens is 1. The van der Waals surface area contributed by atoms with E-state index < -0.39 is 38.4 Å². The van der Waals surface area contributed by atoms with Crippen molar-refractivity contribution in [2.45, 2.75) is 25.3 Å². The van der Waals surface area contributed by atoms with Gasteiger partial charge in [-0.05, 0) is 44.2 Å². The highest BCUT2D eigenvalue weighted by molar-refractivity contribution is 7.92. The van der Waals surface area contributed by atoms with E-state index in [1.165, 1.54) is 62.1 Å². The number of carboxylic acids is 1. The third-order valence-corrected chi connectivity index (χ3v) is 8.78. The number of rotatable bonds is 9. The number of fused-ring (bicyclic) bond motifs is 2. The largest absolute Gasteiger partial charge is 0.497 e. The molecule has 0 fully saturated rings. The minimum atomic E-state index is -4.27. The Kier molecular flexibility index (Phi) is 8.78. The van der Waals surface area contributed by atoms with Gasteiger partial charge in [-0.2, -0.15) is 10.5 Å². The fraction of sp³-hybridized carbons (Fsp3) is 0.156. The Morgan fingerprint density at radius 3 is 2.31 bits per heavy atom. The summed E-state index contributed by atoms with van der Waals surface area (Å²) < 4.78 is 57.0. The number of anilines is 2. The second-order valence-electron chi connectivity index (χ2n) is 10.3. The van der Waals surface area contributed by atoms with Gasteiger partial charge in [-0.15, -0.1) is 0 Å². The molecular formula is C32H26FN7O7S. The first-order valence-electron chi connectivity index (χ1n) is 14.0. The van der Waals surface area contributed by atoms with Gasteiger partial charge in [0.05, 0.1) is 41.7 Å². The number of carboxylic acid groups (broad SMARTS) is 1. The molecule has 0 unspecified atom stereocenters. The van der Waals surface area contributed by atoms with Crippen LogP contribution in [-0.2, 0) is 16.6 Å². The van der Waals surface area contributed by atoms with Crippen molar-refractivity contribution in [1.29, 1.82) is 10.5 Å². The minimum absolute atomic E-state index is 0.0649. The monoisotopic (exact) mass is 671 g/mol. The van der Waals surface area contributed by atoms with Gasteiger partial charge in [-0.25, -0.2) is 27.6 Å². The molecule has 5 rings (SSSR count). The van der Waals surface area contributed by atoms with E-state index in [-0.39, 0.29) is 56.5 Å². The third-order valence-electron chi connectivity index (χ3n) is 7.40. The van der Waals surface area contributed by atoms with E-state index >= 15 is 4.39 Å². The molecule has 244 valence electrons. The summed E-state index contributed by atoms with van der Waals surface area (Å²) in [5.41, 5.74) is 1.28. The van der Waals surface area contributed by atoms with Crippen LogP contribution in [0.1, 0.15) is 29.8 Å². The second-order valence-corrected chi connectivity index (χ2v) is 11.9. The third kappa shape index (κ3) is 5.95. The zero-order valence-corrected chi connectivity index (χ0v) is 26.6. The lowest BCUT2D eigenvalue weighted by Crippen LogP contribution is -2.36. The molecule has 0 spiro atoms. The van der Waals surface area contributed by atoms with E-state index in [4.69, 9.17) is 9.47 Å². The molecule has 14 nitrogen and oxygen atoms in total. The van der Waals surface area contributed by atoms with Crippen molar-refractivity contribution in [3.05, 3.63) is 87.5 Å². The van der Waals surface area contributed by atoms with Gasteiger partial charge in [0.1, 0.15) is 46.6 Å². The van der Waals surface area contributed by atoms with Gasteiger partial charge in [0, 0.05) is 41.9 Å². The number of hydrogen-bond donors (Lipinski definition) is 3. The van der Waals surface area contributed by atoms with E-state index in [0.717, 1.165) is 17.3 Å². The predicted octanol–water partition coefficient (Wildman–Crippen LogP) is 4.83. The number of aryl methyl sites for hydroxylation is 1. The van der Waals surface area contributed by atoms with Crippen molar-refractivity contribution in [2.75, 3.05) is 24.4 Å². The first-order chi connectivity index (χ1) is 22.8. The van der Waals surface area contributed by atoms with Crippen molar-refractivity contribution in [2.24, 2.45) is 4.99 Å². The number of sulfonamides is 1. The minimum Gasteiger partial charge on any atom is -0.497 e. The van der Waals surface area contributed by atoms with Crippen LogP contribution in [0.15, 0.2) is 75.0 Å². The molecular weight excluding hydrogens is 645 g/mol. The van der Waals surface area contributed by atoms with Crippen molar-refractivity contribution in [3.63, 3.8) is 0 Å². The van der Waals surface area contributed by atoms with Crippen LogP contribution < -0.4 is 25.1 Å². The number of carbonyl (C=O) groups is 1. The molecule has 3 aromatic carbocycles. The van der Waals surface area contributed by atoms with Gasteiger partial charge in [-0.1, -0.05) is 0 Å². The average Bonchev–Trinajstić information content (AvgIpc) is 3.06. The van der Waals surface area contributed by atoms with Gasteiger partial charge in [0.2, 0.25) is 5.43 Å². The Morgan fingerprint density at radius 1 is 1.06 bits per heavy atom. The maximum atomic E-state index is 15.6. The Labute approximate surface area is 273 Å². The summed E-state index contributed by atoms with van der Waals surface area (Å²) in [7, 11) is -1.45. The molecule has 3 N–H and O–H groups in total. The molecule has 0 saturated heterocycles. The maximum absolute atomic E-state index is 15.6. The highest BCUT2D eigenvalue weighted by Crippen LogP contribution is 2.39. The summed E-state index contributed by atoms with van der Waals surface area (Å²) in [6.45, 7) is 3.47. The first-order valence-corrected chi connectivity index (χ1v) is 15.5. The molecule has 48 heavy (non-hydrogen) atoms. The quantitative estimate of drug-likeness (QED) is 0.206. The van der Waals surface area contributed by atoms with E-state index in [1.807, 2.05) is 0 Å². The number of pyridine rings is 1. The number of amidine groups is 1. The number of allylic oxidation sites excluding steroid dienone is 1. The topological polar surface area (TPSA) is 199 Å². The van der Waals surface area contributed by atoms with E-state index in [1.54, 1.807) is 25.1 Å². The highest BCUT2D eigenvalue weighted by atomic mass is 32.2. The van der Waals surface area contributed by atoms with E-state index in [0.29, 0.717) is 11.5 Å². The number of methoxy groups -OCH3 is 2. The number of nitrogens with one attached hydrogen (secondary N) is 2. The number of hydrazine groups is 1. The molecule has 1 aliphatic heterocycles. The first kappa shape index (κ1) is 33.0. The van der Waals surface area contributed by atoms with Crippen LogP contribution in [0.5, 0.6) is 11.5 Å². The Balaban J connectivity index is 1.62. The molecule has 0 bridgehead atoms. The summed E-state index contributed by atoms with van der Waals surface area (Å²) in [5, 5.41) is 30.3. The van der Waals surface area contributed by atoms with Crippen molar-refractivity contribution in [1.82, 2.24) is 9.58 Å². The SMILES string of the molecule is CCn1cc(C(=O)O)c(=O)c2cc(F)c(NN3C(C)=Nc4ccc(S(=O)(=O)Nc5cc(OC)cc(OC)c5)cc4C3=C(C#N)C#N)cc21.